The number of fused-ring (bicyclic) bond motifs is 9. The van der Waals surface area contributed by atoms with Crippen LogP contribution in [0.2, 0.25) is 0 Å². The van der Waals surface area contributed by atoms with Crippen molar-refractivity contribution >= 4 is 72.6 Å². The van der Waals surface area contributed by atoms with Crippen molar-refractivity contribution in [3.05, 3.63) is 164 Å². The molecule has 210 valence electrons. The van der Waals surface area contributed by atoms with Gasteiger partial charge in [0.25, 0.3) is 0 Å². The van der Waals surface area contributed by atoms with Gasteiger partial charge in [0.1, 0.15) is 11.2 Å². The van der Waals surface area contributed by atoms with Crippen LogP contribution < -0.4 is 20.7 Å². The molecule has 2 aromatic heterocycles. The average Bonchev–Trinajstić information content (AvgIpc) is 3.75. The summed E-state index contributed by atoms with van der Waals surface area (Å²) in [4.78, 5) is 0. The first-order chi connectivity index (χ1) is 22.3. The Balaban J connectivity index is 1.44. The maximum Gasteiger partial charge on any atom is 0.185 e. The Bertz CT molecular complexity index is 2510. The minimum Gasteiger partial charge on any atom is -0.456 e. The van der Waals surface area contributed by atoms with Gasteiger partial charge in [0.05, 0.1) is 11.0 Å². The van der Waals surface area contributed by atoms with Crippen molar-refractivity contribution < 1.29 is 4.42 Å². The zero-order chi connectivity index (χ0) is 29.5. The van der Waals surface area contributed by atoms with E-state index in [4.69, 9.17) is 4.42 Å². The van der Waals surface area contributed by atoms with E-state index in [9.17, 15) is 0 Å². The van der Waals surface area contributed by atoms with E-state index in [1.165, 1.54) is 53.7 Å². The molecule has 3 heteroatoms. The van der Waals surface area contributed by atoms with Crippen molar-refractivity contribution in [1.29, 1.82) is 0 Å². The Hall–Kier alpha value is -5.64. The van der Waals surface area contributed by atoms with Crippen LogP contribution in [0.5, 0.6) is 0 Å². The molecular weight excluding hydrogens is 563 g/mol. The van der Waals surface area contributed by atoms with Gasteiger partial charge in [-0.25, -0.2) is 0 Å². The van der Waals surface area contributed by atoms with E-state index in [2.05, 4.69) is 168 Å². The third kappa shape index (κ3) is 3.23. The fourth-order valence-corrected chi connectivity index (χ4v) is 13.4. The van der Waals surface area contributed by atoms with Gasteiger partial charge in [-0.1, -0.05) is 133 Å². The lowest BCUT2D eigenvalue weighted by Crippen LogP contribution is -2.73. The summed E-state index contributed by atoms with van der Waals surface area (Å²) in [6.07, 6.45) is 0. The minimum atomic E-state index is -2.84. The molecule has 10 rings (SSSR count). The number of hydrogen-bond acceptors (Lipinski definition) is 1. The molecular formula is C42H27NOSi. The number of aromatic nitrogens is 1. The molecule has 0 amide bonds. The summed E-state index contributed by atoms with van der Waals surface area (Å²) in [5.74, 6) is 0. The Kier molecular flexibility index (Phi) is 5.05. The van der Waals surface area contributed by atoms with Crippen molar-refractivity contribution in [3.63, 3.8) is 0 Å². The molecule has 1 aliphatic rings. The van der Waals surface area contributed by atoms with E-state index >= 15 is 0 Å². The molecule has 0 saturated heterocycles. The van der Waals surface area contributed by atoms with Crippen molar-refractivity contribution in [2.75, 3.05) is 0 Å². The second-order valence-electron chi connectivity index (χ2n) is 12.0. The highest BCUT2D eigenvalue weighted by Crippen LogP contribution is 2.37. The Labute approximate surface area is 261 Å². The normalized spacial score (nSPS) is 13.5. The molecule has 0 aliphatic carbocycles. The molecule has 0 spiro atoms. The van der Waals surface area contributed by atoms with Gasteiger partial charge in [0.2, 0.25) is 0 Å². The molecule has 45 heavy (non-hydrogen) atoms. The predicted molar refractivity (Wildman–Crippen MR) is 191 cm³/mol. The molecule has 3 heterocycles. The van der Waals surface area contributed by atoms with Gasteiger partial charge in [0.15, 0.2) is 8.07 Å². The maximum absolute atomic E-state index is 6.95. The van der Waals surface area contributed by atoms with E-state index in [0.29, 0.717) is 0 Å². The molecule has 9 aromatic rings. The molecule has 0 bridgehead atoms. The summed E-state index contributed by atoms with van der Waals surface area (Å²) in [6.45, 7) is 0. The summed E-state index contributed by atoms with van der Waals surface area (Å²) >= 11 is 0. The van der Waals surface area contributed by atoms with Gasteiger partial charge in [-0.3, -0.25) is 0 Å². The highest BCUT2D eigenvalue weighted by atomic mass is 28.3. The van der Waals surface area contributed by atoms with Crippen molar-refractivity contribution in [2.45, 2.75) is 0 Å². The van der Waals surface area contributed by atoms with Gasteiger partial charge in [-0.05, 0) is 62.2 Å². The number of hydrogen-bond donors (Lipinski definition) is 0. The third-order valence-corrected chi connectivity index (χ3v) is 14.7. The van der Waals surface area contributed by atoms with Crippen molar-refractivity contribution in [3.8, 4) is 16.8 Å². The largest absolute Gasteiger partial charge is 0.456 e. The van der Waals surface area contributed by atoms with Crippen molar-refractivity contribution in [1.82, 2.24) is 4.57 Å². The monoisotopic (exact) mass is 589 g/mol. The standard InChI is InChI=1S/C42H27NOSi/c1-2-14-29(15-3-1)45(39-24-12-7-19-33(39)34-20-8-13-25-40(34)45)41-27-28(26-35-32-18-6-11-23-38(32)44-42(35)41)43-36-21-9-4-16-30(36)31-17-5-10-22-37(31)43/h1-27H. The summed E-state index contributed by atoms with van der Waals surface area (Å²) in [5.41, 5.74) is 8.14. The Morgan fingerprint density at radius 2 is 0.956 bits per heavy atom. The van der Waals surface area contributed by atoms with E-state index in [0.717, 1.165) is 27.6 Å². The SMILES string of the molecule is c1ccc([Si]2(c3cc(-n4c5ccccc5c5ccccc54)cc4c3oc3ccccc34)c3ccccc3-c3ccccc32)cc1. The van der Waals surface area contributed by atoms with E-state index in [-0.39, 0.29) is 0 Å². The quantitative estimate of drug-likeness (QED) is 0.191. The van der Waals surface area contributed by atoms with Crippen LogP contribution in [-0.4, -0.2) is 12.6 Å². The van der Waals surface area contributed by atoms with Crippen LogP contribution in [0.1, 0.15) is 0 Å². The second kappa shape index (κ2) is 9.18. The fourth-order valence-electron chi connectivity index (χ4n) is 8.10. The zero-order valence-corrected chi connectivity index (χ0v) is 25.4. The lowest BCUT2D eigenvalue weighted by atomic mass is 10.1. The van der Waals surface area contributed by atoms with E-state index in [1.807, 2.05) is 0 Å². The summed E-state index contributed by atoms with van der Waals surface area (Å²) < 4.78 is 9.40. The molecule has 0 atom stereocenters. The summed E-state index contributed by atoms with van der Waals surface area (Å²) in [5, 5.41) is 10.3. The molecule has 0 N–H and O–H groups in total. The lowest BCUT2D eigenvalue weighted by molar-refractivity contribution is 0.671. The first kappa shape index (κ1) is 24.8. The maximum atomic E-state index is 6.95. The Morgan fingerprint density at radius 1 is 0.422 bits per heavy atom. The van der Waals surface area contributed by atoms with Crippen LogP contribution >= 0.6 is 0 Å². The van der Waals surface area contributed by atoms with Crippen LogP contribution in [0.25, 0.3) is 60.6 Å². The molecule has 1 aliphatic heterocycles. The average molecular weight is 590 g/mol. The fraction of sp³-hybridized carbons (Fsp3) is 0. The van der Waals surface area contributed by atoms with E-state index < -0.39 is 8.07 Å². The van der Waals surface area contributed by atoms with Crippen LogP contribution in [0.4, 0.5) is 0 Å². The van der Waals surface area contributed by atoms with Crippen molar-refractivity contribution in [2.24, 2.45) is 0 Å². The predicted octanol–water partition coefficient (Wildman–Crippen LogP) is 8.04. The van der Waals surface area contributed by atoms with Crippen LogP contribution in [0.3, 0.4) is 0 Å². The number of nitrogens with zero attached hydrogens (tertiary/aromatic N) is 1. The second-order valence-corrected chi connectivity index (χ2v) is 15.7. The summed E-state index contributed by atoms with van der Waals surface area (Å²) in [7, 11) is -2.84. The number of furan rings is 1. The van der Waals surface area contributed by atoms with Crippen LogP contribution in [0, 0.1) is 0 Å². The molecule has 0 unspecified atom stereocenters. The van der Waals surface area contributed by atoms with Gasteiger partial charge >= 0.3 is 0 Å². The number of benzene rings is 7. The smallest absolute Gasteiger partial charge is 0.185 e. The van der Waals surface area contributed by atoms with Gasteiger partial charge in [-0.2, -0.15) is 0 Å². The zero-order valence-electron chi connectivity index (χ0n) is 24.4. The molecule has 0 saturated carbocycles. The Morgan fingerprint density at radius 3 is 1.62 bits per heavy atom. The van der Waals surface area contributed by atoms with Crippen LogP contribution in [0.15, 0.2) is 168 Å². The molecule has 2 nitrogen and oxygen atoms in total. The molecule has 0 radical (unpaired) electrons. The van der Waals surface area contributed by atoms with Crippen LogP contribution in [-0.2, 0) is 0 Å². The number of rotatable bonds is 3. The lowest BCUT2D eigenvalue weighted by Gasteiger charge is -2.31. The first-order valence-electron chi connectivity index (χ1n) is 15.5. The first-order valence-corrected chi connectivity index (χ1v) is 17.5. The third-order valence-electron chi connectivity index (χ3n) is 9.86. The van der Waals surface area contributed by atoms with Gasteiger partial charge in [-0.15, -0.1) is 0 Å². The number of para-hydroxylation sites is 3. The molecule has 7 aromatic carbocycles. The summed E-state index contributed by atoms with van der Waals surface area (Å²) in [6, 6.07) is 60.2. The minimum absolute atomic E-state index is 0.921. The highest BCUT2D eigenvalue weighted by molar-refractivity contribution is 7.23. The van der Waals surface area contributed by atoms with Gasteiger partial charge in [0, 0.05) is 27.2 Å². The van der Waals surface area contributed by atoms with E-state index in [1.54, 1.807) is 0 Å². The van der Waals surface area contributed by atoms with Gasteiger partial charge < -0.3 is 8.98 Å². The highest BCUT2D eigenvalue weighted by Gasteiger charge is 2.50. The molecule has 0 fully saturated rings. The topological polar surface area (TPSA) is 18.1 Å².